The maximum Gasteiger partial charge on any atom is 0.228 e. The third-order valence-electron chi connectivity index (χ3n) is 4.01. The summed E-state index contributed by atoms with van der Waals surface area (Å²) in [5.74, 6) is 1.50. The van der Waals surface area contributed by atoms with Gasteiger partial charge in [0, 0.05) is 11.3 Å². The molecule has 2 aromatic carbocycles. The van der Waals surface area contributed by atoms with Crippen LogP contribution in [0.15, 0.2) is 53.1 Å². The predicted molar refractivity (Wildman–Crippen MR) is 96.7 cm³/mol. The number of anilines is 1. The Balaban J connectivity index is 1.65. The minimum Gasteiger partial charge on any atom is -0.497 e. The van der Waals surface area contributed by atoms with Crippen molar-refractivity contribution >= 4 is 11.6 Å². The van der Waals surface area contributed by atoms with Crippen LogP contribution in [0.25, 0.3) is 11.1 Å². The number of methoxy groups -OCH3 is 1. The molecule has 0 aliphatic heterocycles. The molecule has 0 atom stereocenters. The van der Waals surface area contributed by atoms with Gasteiger partial charge in [0.25, 0.3) is 0 Å². The number of ether oxygens (including phenoxy) is 1. The molecular formula is C20H20N2O3. The van der Waals surface area contributed by atoms with Crippen molar-refractivity contribution in [2.45, 2.75) is 20.3 Å². The smallest absolute Gasteiger partial charge is 0.228 e. The summed E-state index contributed by atoms with van der Waals surface area (Å²) in [6.45, 7) is 3.80. The van der Waals surface area contributed by atoms with E-state index in [1.807, 2.05) is 62.4 Å². The molecule has 0 fully saturated rings. The normalized spacial score (nSPS) is 10.5. The van der Waals surface area contributed by atoms with Crippen molar-refractivity contribution in [1.82, 2.24) is 5.16 Å². The number of benzene rings is 2. The Kier molecular flexibility index (Phi) is 4.84. The van der Waals surface area contributed by atoms with Crippen molar-refractivity contribution in [3.63, 3.8) is 0 Å². The van der Waals surface area contributed by atoms with Gasteiger partial charge in [0.2, 0.25) is 5.91 Å². The van der Waals surface area contributed by atoms with Crippen LogP contribution < -0.4 is 10.1 Å². The van der Waals surface area contributed by atoms with E-state index in [4.69, 9.17) is 9.26 Å². The maximum atomic E-state index is 12.2. The van der Waals surface area contributed by atoms with Crippen LogP contribution in [0.4, 0.5) is 5.69 Å². The quantitative estimate of drug-likeness (QED) is 0.760. The molecule has 5 nitrogen and oxygen atoms in total. The van der Waals surface area contributed by atoms with E-state index in [1.54, 1.807) is 7.11 Å². The minimum absolute atomic E-state index is 0.0599. The fraction of sp³-hybridized carbons (Fsp3) is 0.200. The molecule has 1 heterocycles. The number of carbonyl (C=O) groups is 1. The van der Waals surface area contributed by atoms with Crippen molar-refractivity contribution in [2.24, 2.45) is 0 Å². The van der Waals surface area contributed by atoms with Gasteiger partial charge in [-0.25, -0.2) is 0 Å². The molecule has 0 bridgehead atoms. The summed E-state index contributed by atoms with van der Waals surface area (Å²) in [4.78, 5) is 12.2. The standard InChI is InChI=1S/C20H20N2O3/c1-13-20(14(2)25-22-13)16-6-8-17(9-7-16)21-19(23)12-15-4-10-18(24-3)11-5-15/h4-11H,12H2,1-3H3,(H,21,23). The molecule has 3 aromatic rings. The number of nitrogens with zero attached hydrogens (tertiary/aromatic N) is 1. The van der Waals surface area contributed by atoms with Gasteiger partial charge >= 0.3 is 0 Å². The molecule has 0 spiro atoms. The highest BCUT2D eigenvalue weighted by Crippen LogP contribution is 2.27. The minimum atomic E-state index is -0.0599. The van der Waals surface area contributed by atoms with Crippen LogP contribution in [-0.4, -0.2) is 18.2 Å². The summed E-state index contributed by atoms with van der Waals surface area (Å²) in [5.41, 5.74) is 4.56. The van der Waals surface area contributed by atoms with Gasteiger partial charge in [-0.15, -0.1) is 0 Å². The fourth-order valence-corrected chi connectivity index (χ4v) is 2.75. The SMILES string of the molecule is COc1ccc(CC(=O)Nc2ccc(-c3c(C)noc3C)cc2)cc1. The van der Waals surface area contributed by atoms with E-state index in [9.17, 15) is 4.79 Å². The van der Waals surface area contributed by atoms with Crippen LogP contribution in [0, 0.1) is 13.8 Å². The molecule has 0 aliphatic carbocycles. The summed E-state index contributed by atoms with van der Waals surface area (Å²) < 4.78 is 10.3. The van der Waals surface area contributed by atoms with Gasteiger partial charge in [0.1, 0.15) is 11.5 Å². The van der Waals surface area contributed by atoms with E-state index >= 15 is 0 Å². The van der Waals surface area contributed by atoms with Crippen molar-refractivity contribution in [3.05, 3.63) is 65.5 Å². The molecule has 0 aliphatic rings. The van der Waals surface area contributed by atoms with Gasteiger partial charge in [-0.2, -0.15) is 0 Å². The second kappa shape index (κ2) is 7.21. The van der Waals surface area contributed by atoms with Gasteiger partial charge in [-0.1, -0.05) is 29.4 Å². The van der Waals surface area contributed by atoms with Gasteiger partial charge < -0.3 is 14.6 Å². The van der Waals surface area contributed by atoms with E-state index in [0.29, 0.717) is 6.42 Å². The lowest BCUT2D eigenvalue weighted by Crippen LogP contribution is -2.14. The van der Waals surface area contributed by atoms with Gasteiger partial charge in [-0.05, 0) is 49.2 Å². The highest BCUT2D eigenvalue weighted by molar-refractivity contribution is 5.92. The topological polar surface area (TPSA) is 64.4 Å². The zero-order valence-corrected chi connectivity index (χ0v) is 14.5. The molecule has 1 N–H and O–H groups in total. The fourth-order valence-electron chi connectivity index (χ4n) is 2.75. The molecule has 0 radical (unpaired) electrons. The molecule has 0 saturated carbocycles. The second-order valence-electron chi connectivity index (χ2n) is 5.85. The van der Waals surface area contributed by atoms with Crippen molar-refractivity contribution in [2.75, 3.05) is 12.4 Å². The van der Waals surface area contributed by atoms with Crippen LogP contribution in [0.5, 0.6) is 5.75 Å². The molecule has 1 aromatic heterocycles. The predicted octanol–water partition coefficient (Wildman–Crippen LogP) is 4.15. The Morgan fingerprint density at radius 3 is 2.32 bits per heavy atom. The lowest BCUT2D eigenvalue weighted by molar-refractivity contribution is -0.115. The zero-order valence-electron chi connectivity index (χ0n) is 14.5. The Morgan fingerprint density at radius 2 is 1.76 bits per heavy atom. The monoisotopic (exact) mass is 336 g/mol. The zero-order chi connectivity index (χ0) is 17.8. The molecular weight excluding hydrogens is 316 g/mol. The van der Waals surface area contributed by atoms with E-state index in [2.05, 4.69) is 10.5 Å². The molecule has 3 rings (SSSR count). The largest absolute Gasteiger partial charge is 0.497 e. The summed E-state index contributed by atoms with van der Waals surface area (Å²) in [7, 11) is 1.62. The molecule has 0 saturated heterocycles. The van der Waals surface area contributed by atoms with Gasteiger partial charge in [-0.3, -0.25) is 4.79 Å². The summed E-state index contributed by atoms with van der Waals surface area (Å²) in [6.07, 6.45) is 0.315. The first-order valence-electron chi connectivity index (χ1n) is 8.03. The average molecular weight is 336 g/mol. The van der Waals surface area contributed by atoms with E-state index < -0.39 is 0 Å². The molecule has 128 valence electrons. The lowest BCUT2D eigenvalue weighted by atomic mass is 10.0. The van der Waals surface area contributed by atoms with Crippen LogP contribution in [-0.2, 0) is 11.2 Å². The first-order valence-corrected chi connectivity index (χ1v) is 8.03. The summed E-state index contributed by atoms with van der Waals surface area (Å²) >= 11 is 0. The molecule has 25 heavy (non-hydrogen) atoms. The second-order valence-corrected chi connectivity index (χ2v) is 5.85. The van der Waals surface area contributed by atoms with Crippen molar-refractivity contribution in [1.29, 1.82) is 0 Å². The highest BCUT2D eigenvalue weighted by Gasteiger charge is 2.11. The number of hydrogen-bond donors (Lipinski definition) is 1. The highest BCUT2D eigenvalue weighted by atomic mass is 16.5. The van der Waals surface area contributed by atoms with Gasteiger partial charge in [0.05, 0.1) is 19.2 Å². The van der Waals surface area contributed by atoms with E-state index in [0.717, 1.165) is 39.6 Å². The number of aromatic nitrogens is 1. The van der Waals surface area contributed by atoms with Crippen LogP contribution in [0.1, 0.15) is 17.0 Å². The number of carbonyl (C=O) groups excluding carboxylic acids is 1. The number of hydrogen-bond acceptors (Lipinski definition) is 4. The average Bonchev–Trinajstić information content (AvgIpc) is 2.95. The first-order chi connectivity index (χ1) is 12.1. The Labute approximate surface area is 146 Å². The Bertz CT molecular complexity index is 845. The lowest BCUT2D eigenvalue weighted by Gasteiger charge is -2.07. The summed E-state index contributed by atoms with van der Waals surface area (Å²) in [6, 6.07) is 15.1. The molecule has 5 heteroatoms. The van der Waals surface area contributed by atoms with Gasteiger partial charge in [0.15, 0.2) is 0 Å². The number of aryl methyl sites for hydroxylation is 2. The summed E-state index contributed by atoms with van der Waals surface area (Å²) in [5, 5.41) is 6.88. The van der Waals surface area contributed by atoms with Crippen LogP contribution in [0.3, 0.4) is 0 Å². The third-order valence-corrected chi connectivity index (χ3v) is 4.01. The van der Waals surface area contributed by atoms with Crippen molar-refractivity contribution < 1.29 is 14.1 Å². The van der Waals surface area contributed by atoms with E-state index in [-0.39, 0.29) is 5.91 Å². The number of rotatable bonds is 5. The number of nitrogens with one attached hydrogen (secondary N) is 1. The Hall–Kier alpha value is -3.08. The molecule has 1 amide bonds. The maximum absolute atomic E-state index is 12.2. The third kappa shape index (κ3) is 3.88. The Morgan fingerprint density at radius 1 is 1.08 bits per heavy atom. The first kappa shape index (κ1) is 16.8. The van der Waals surface area contributed by atoms with E-state index in [1.165, 1.54) is 0 Å². The van der Waals surface area contributed by atoms with Crippen LogP contribution >= 0.6 is 0 Å². The van der Waals surface area contributed by atoms with Crippen molar-refractivity contribution in [3.8, 4) is 16.9 Å². The van der Waals surface area contributed by atoms with Crippen LogP contribution in [0.2, 0.25) is 0 Å². The number of amides is 1. The molecule has 0 unspecified atom stereocenters.